The van der Waals surface area contributed by atoms with Crippen molar-refractivity contribution in [3.05, 3.63) is 82.4 Å². The number of para-hydroxylation sites is 2. The van der Waals surface area contributed by atoms with E-state index >= 15 is 0 Å². The van der Waals surface area contributed by atoms with Gasteiger partial charge in [0.05, 0.1) is 11.5 Å². The number of fused-ring (bicyclic) bond motifs is 1. The summed E-state index contributed by atoms with van der Waals surface area (Å²) in [5, 5.41) is 14.0. The second-order valence-corrected chi connectivity index (χ2v) is 6.39. The van der Waals surface area contributed by atoms with E-state index in [0.717, 1.165) is 5.52 Å². The number of nitro groups is 1. The number of hydrogen-bond acceptors (Lipinski definition) is 6. The molecule has 8 nitrogen and oxygen atoms in total. The van der Waals surface area contributed by atoms with Crippen LogP contribution in [0.25, 0.3) is 22.6 Å². The van der Waals surface area contributed by atoms with Crippen molar-refractivity contribution in [2.24, 2.45) is 0 Å². The molecule has 0 aliphatic carbocycles. The van der Waals surface area contributed by atoms with Gasteiger partial charge in [-0.1, -0.05) is 18.2 Å². The number of nitrogens with one attached hydrogen (secondary N) is 1. The summed E-state index contributed by atoms with van der Waals surface area (Å²) >= 11 is 0. The minimum atomic E-state index is -0.574. The Balaban J connectivity index is 1.59. The molecule has 1 amide bonds. The van der Waals surface area contributed by atoms with Crippen LogP contribution in [-0.2, 0) is 0 Å². The standard InChI is InChI=1S/C22H17N3O5/c1-2-29-20-11-10-14(13-18(20)25(27)28)21(26)23-16-7-5-6-15(12-16)22-24-17-8-3-4-9-19(17)30-22/h3-13H,2H2,1H3,(H,23,26). The number of amides is 1. The van der Waals surface area contributed by atoms with Crippen LogP contribution < -0.4 is 10.1 Å². The van der Waals surface area contributed by atoms with Gasteiger partial charge in [-0.05, 0) is 49.4 Å². The largest absolute Gasteiger partial charge is 0.487 e. The maximum Gasteiger partial charge on any atom is 0.311 e. The fourth-order valence-electron chi connectivity index (χ4n) is 3.01. The summed E-state index contributed by atoms with van der Waals surface area (Å²) in [5.41, 5.74) is 2.51. The Labute approximate surface area is 171 Å². The van der Waals surface area contributed by atoms with Gasteiger partial charge in [0, 0.05) is 22.9 Å². The van der Waals surface area contributed by atoms with Gasteiger partial charge < -0.3 is 14.5 Å². The van der Waals surface area contributed by atoms with E-state index in [2.05, 4.69) is 10.3 Å². The lowest BCUT2D eigenvalue weighted by molar-refractivity contribution is -0.385. The molecule has 0 saturated heterocycles. The van der Waals surface area contributed by atoms with Crippen LogP contribution in [0.5, 0.6) is 5.75 Å². The quantitative estimate of drug-likeness (QED) is 0.356. The number of rotatable bonds is 6. The van der Waals surface area contributed by atoms with E-state index in [4.69, 9.17) is 9.15 Å². The molecule has 1 N–H and O–H groups in total. The zero-order valence-electron chi connectivity index (χ0n) is 16.0. The van der Waals surface area contributed by atoms with Crippen LogP contribution in [0.1, 0.15) is 17.3 Å². The molecule has 0 radical (unpaired) electrons. The highest BCUT2D eigenvalue weighted by molar-refractivity contribution is 6.05. The van der Waals surface area contributed by atoms with Crippen molar-refractivity contribution in [1.29, 1.82) is 0 Å². The van der Waals surface area contributed by atoms with Gasteiger partial charge in [-0.15, -0.1) is 0 Å². The molecule has 8 heteroatoms. The Morgan fingerprint density at radius 1 is 1.13 bits per heavy atom. The lowest BCUT2D eigenvalue weighted by Gasteiger charge is -2.08. The fraction of sp³-hybridized carbons (Fsp3) is 0.0909. The lowest BCUT2D eigenvalue weighted by Crippen LogP contribution is -2.12. The molecule has 0 unspecified atom stereocenters. The molecule has 4 aromatic rings. The predicted molar refractivity (Wildman–Crippen MR) is 112 cm³/mol. The molecule has 0 atom stereocenters. The SMILES string of the molecule is CCOc1ccc(C(=O)Nc2cccc(-c3nc4ccccc4o3)c2)cc1[N+](=O)[O-]. The van der Waals surface area contributed by atoms with Crippen molar-refractivity contribution in [2.45, 2.75) is 6.92 Å². The summed E-state index contributed by atoms with van der Waals surface area (Å²) in [6.45, 7) is 2.02. The van der Waals surface area contributed by atoms with E-state index in [1.165, 1.54) is 18.2 Å². The maximum atomic E-state index is 12.6. The maximum absolute atomic E-state index is 12.6. The van der Waals surface area contributed by atoms with E-state index in [-0.39, 0.29) is 23.6 Å². The van der Waals surface area contributed by atoms with Crippen LogP contribution in [0.2, 0.25) is 0 Å². The molecule has 150 valence electrons. The molecule has 0 bridgehead atoms. The molecule has 0 aliphatic rings. The Hall–Kier alpha value is -4.20. The van der Waals surface area contributed by atoms with Crippen LogP contribution in [0.15, 0.2) is 71.1 Å². The Bertz CT molecular complexity index is 1220. The van der Waals surface area contributed by atoms with Crippen molar-refractivity contribution in [3.8, 4) is 17.2 Å². The number of benzene rings is 3. The van der Waals surface area contributed by atoms with Crippen LogP contribution in [0.4, 0.5) is 11.4 Å². The highest BCUT2D eigenvalue weighted by atomic mass is 16.6. The minimum absolute atomic E-state index is 0.122. The number of oxazole rings is 1. The first-order valence-electron chi connectivity index (χ1n) is 9.23. The normalized spacial score (nSPS) is 10.7. The predicted octanol–water partition coefficient (Wildman–Crippen LogP) is 5.05. The van der Waals surface area contributed by atoms with Gasteiger partial charge in [0.2, 0.25) is 5.89 Å². The topological polar surface area (TPSA) is 108 Å². The zero-order chi connectivity index (χ0) is 21.1. The second-order valence-electron chi connectivity index (χ2n) is 6.39. The van der Waals surface area contributed by atoms with Crippen LogP contribution in [0, 0.1) is 10.1 Å². The van der Waals surface area contributed by atoms with E-state index in [1.54, 1.807) is 25.1 Å². The van der Waals surface area contributed by atoms with Crippen molar-refractivity contribution < 1.29 is 18.9 Å². The average Bonchev–Trinajstić information content (AvgIpc) is 3.18. The fourth-order valence-corrected chi connectivity index (χ4v) is 3.01. The number of hydrogen-bond donors (Lipinski definition) is 1. The van der Waals surface area contributed by atoms with Crippen molar-refractivity contribution in [3.63, 3.8) is 0 Å². The second kappa shape index (κ2) is 8.04. The molecule has 3 aromatic carbocycles. The molecule has 4 rings (SSSR count). The molecule has 1 aromatic heterocycles. The molecule has 0 saturated carbocycles. The summed E-state index contributed by atoms with van der Waals surface area (Å²) < 4.78 is 11.0. The van der Waals surface area contributed by atoms with E-state index in [1.807, 2.05) is 30.3 Å². The van der Waals surface area contributed by atoms with Gasteiger partial charge in [0.15, 0.2) is 11.3 Å². The Morgan fingerprint density at radius 3 is 2.73 bits per heavy atom. The Morgan fingerprint density at radius 2 is 1.97 bits per heavy atom. The third-order valence-electron chi connectivity index (χ3n) is 4.38. The number of aromatic nitrogens is 1. The van der Waals surface area contributed by atoms with Crippen LogP contribution in [-0.4, -0.2) is 22.4 Å². The third-order valence-corrected chi connectivity index (χ3v) is 4.38. The monoisotopic (exact) mass is 403 g/mol. The van der Waals surface area contributed by atoms with Crippen molar-refractivity contribution >= 4 is 28.4 Å². The van der Waals surface area contributed by atoms with Gasteiger partial charge in [-0.2, -0.15) is 0 Å². The molecule has 30 heavy (non-hydrogen) atoms. The number of ether oxygens (including phenoxy) is 1. The van der Waals surface area contributed by atoms with Crippen molar-refractivity contribution in [2.75, 3.05) is 11.9 Å². The van der Waals surface area contributed by atoms with Crippen molar-refractivity contribution in [1.82, 2.24) is 4.98 Å². The third kappa shape index (κ3) is 3.83. The number of anilines is 1. The first kappa shape index (κ1) is 19.1. The molecule has 0 aliphatic heterocycles. The van der Waals surface area contributed by atoms with E-state index in [0.29, 0.717) is 22.7 Å². The summed E-state index contributed by atoms with van der Waals surface area (Å²) in [6, 6.07) is 18.6. The molecular formula is C22H17N3O5. The molecule has 0 fully saturated rings. The van der Waals surface area contributed by atoms with E-state index < -0.39 is 10.8 Å². The van der Waals surface area contributed by atoms with Gasteiger partial charge in [-0.25, -0.2) is 4.98 Å². The number of carbonyl (C=O) groups excluding carboxylic acids is 1. The van der Waals surface area contributed by atoms with E-state index in [9.17, 15) is 14.9 Å². The smallest absolute Gasteiger partial charge is 0.311 e. The summed E-state index contributed by atoms with van der Waals surface area (Å²) in [5.74, 6) is 0.0804. The first-order valence-corrected chi connectivity index (χ1v) is 9.23. The number of nitrogens with zero attached hydrogens (tertiary/aromatic N) is 2. The molecular weight excluding hydrogens is 386 g/mol. The van der Waals surface area contributed by atoms with Gasteiger partial charge in [-0.3, -0.25) is 14.9 Å². The van der Waals surface area contributed by atoms with Gasteiger partial charge in [0.25, 0.3) is 5.91 Å². The van der Waals surface area contributed by atoms with Crippen LogP contribution >= 0.6 is 0 Å². The number of carbonyl (C=O) groups is 1. The molecule has 1 heterocycles. The highest BCUT2D eigenvalue weighted by Crippen LogP contribution is 2.29. The Kier molecular flexibility index (Phi) is 5.13. The molecule has 0 spiro atoms. The van der Waals surface area contributed by atoms with Crippen LogP contribution in [0.3, 0.4) is 0 Å². The minimum Gasteiger partial charge on any atom is -0.487 e. The summed E-state index contributed by atoms with van der Waals surface area (Å²) in [7, 11) is 0. The summed E-state index contributed by atoms with van der Waals surface area (Å²) in [6.07, 6.45) is 0. The lowest BCUT2D eigenvalue weighted by atomic mass is 10.1. The highest BCUT2D eigenvalue weighted by Gasteiger charge is 2.19. The zero-order valence-corrected chi connectivity index (χ0v) is 16.0. The summed E-state index contributed by atoms with van der Waals surface area (Å²) in [4.78, 5) is 27.8. The van der Waals surface area contributed by atoms with Gasteiger partial charge in [0.1, 0.15) is 5.52 Å². The number of nitro benzene ring substituents is 1. The van der Waals surface area contributed by atoms with Gasteiger partial charge >= 0.3 is 5.69 Å². The average molecular weight is 403 g/mol. The first-order chi connectivity index (χ1) is 14.5.